The molecule has 0 saturated carbocycles. The molecule has 3 N–H and O–H groups in total. The molecule has 0 saturated heterocycles. The Morgan fingerprint density at radius 2 is 2.16 bits per heavy atom. The third kappa shape index (κ3) is 3.48. The van der Waals surface area contributed by atoms with E-state index in [9.17, 15) is 10.2 Å². The van der Waals surface area contributed by atoms with E-state index < -0.39 is 5.60 Å². The largest absolute Gasteiger partial charge is 0.508 e. The summed E-state index contributed by atoms with van der Waals surface area (Å²) >= 11 is 0. The topological polar surface area (TPSA) is 52.5 Å². The molecular weight excluding hydrogens is 238 g/mol. The maximum Gasteiger partial charge on any atom is 0.119 e. The Kier molecular flexibility index (Phi) is 4.16. The Bertz CT molecular complexity index is 440. The fourth-order valence-electron chi connectivity index (χ4n) is 3.14. The standard InChI is InChI=1S/C16H25NO2/c1-11(2)9-16(3,19)10-17-14-8-7-13-12(14)5-4-6-15(13)18/h4-6,11,14,17-19H,7-10H2,1-3H3. The van der Waals surface area contributed by atoms with Crippen LogP contribution in [0.3, 0.4) is 0 Å². The number of hydrogen-bond acceptors (Lipinski definition) is 3. The van der Waals surface area contributed by atoms with Gasteiger partial charge in [-0.15, -0.1) is 0 Å². The predicted molar refractivity (Wildman–Crippen MR) is 77.3 cm³/mol. The van der Waals surface area contributed by atoms with Crippen LogP contribution < -0.4 is 5.32 Å². The van der Waals surface area contributed by atoms with Crippen molar-refractivity contribution in [1.29, 1.82) is 0 Å². The number of rotatable bonds is 5. The van der Waals surface area contributed by atoms with E-state index >= 15 is 0 Å². The van der Waals surface area contributed by atoms with Gasteiger partial charge in [0, 0.05) is 12.6 Å². The molecule has 0 amide bonds. The summed E-state index contributed by atoms with van der Waals surface area (Å²) in [6.07, 6.45) is 2.69. The van der Waals surface area contributed by atoms with Crippen LogP contribution in [-0.4, -0.2) is 22.4 Å². The molecule has 19 heavy (non-hydrogen) atoms. The van der Waals surface area contributed by atoms with Crippen LogP contribution in [0.2, 0.25) is 0 Å². The lowest BCUT2D eigenvalue weighted by Gasteiger charge is -2.27. The summed E-state index contributed by atoms with van der Waals surface area (Å²) in [6, 6.07) is 5.95. The third-order valence-corrected chi connectivity index (χ3v) is 3.82. The van der Waals surface area contributed by atoms with Crippen molar-refractivity contribution in [2.75, 3.05) is 6.54 Å². The molecule has 2 rings (SSSR count). The molecule has 0 bridgehead atoms. The number of aromatic hydroxyl groups is 1. The number of phenolic OH excluding ortho intramolecular Hbond substituents is 1. The van der Waals surface area contributed by atoms with Gasteiger partial charge < -0.3 is 15.5 Å². The highest BCUT2D eigenvalue weighted by molar-refractivity contribution is 5.44. The number of phenols is 1. The zero-order valence-corrected chi connectivity index (χ0v) is 12.1. The highest BCUT2D eigenvalue weighted by atomic mass is 16.3. The average Bonchev–Trinajstić information content (AvgIpc) is 2.69. The summed E-state index contributed by atoms with van der Waals surface area (Å²) in [5, 5.41) is 23.6. The van der Waals surface area contributed by atoms with E-state index in [2.05, 4.69) is 25.2 Å². The number of aliphatic hydroxyl groups is 1. The van der Waals surface area contributed by atoms with E-state index in [0.717, 1.165) is 24.8 Å². The van der Waals surface area contributed by atoms with Crippen molar-refractivity contribution >= 4 is 0 Å². The van der Waals surface area contributed by atoms with Gasteiger partial charge in [0.1, 0.15) is 5.75 Å². The van der Waals surface area contributed by atoms with Crippen LogP contribution in [0.1, 0.15) is 50.8 Å². The van der Waals surface area contributed by atoms with Crippen molar-refractivity contribution < 1.29 is 10.2 Å². The van der Waals surface area contributed by atoms with Crippen LogP contribution in [0, 0.1) is 5.92 Å². The van der Waals surface area contributed by atoms with Gasteiger partial charge >= 0.3 is 0 Å². The lowest BCUT2D eigenvalue weighted by molar-refractivity contribution is 0.0359. The van der Waals surface area contributed by atoms with Crippen LogP contribution in [0.4, 0.5) is 0 Å². The Balaban J connectivity index is 1.98. The zero-order valence-electron chi connectivity index (χ0n) is 12.1. The van der Waals surface area contributed by atoms with Crippen molar-refractivity contribution in [3.63, 3.8) is 0 Å². The second kappa shape index (κ2) is 5.51. The monoisotopic (exact) mass is 263 g/mol. The van der Waals surface area contributed by atoms with Gasteiger partial charge in [0.05, 0.1) is 5.60 Å². The predicted octanol–water partition coefficient (Wildman–Crippen LogP) is 2.77. The lowest BCUT2D eigenvalue weighted by atomic mass is 9.94. The Morgan fingerprint density at radius 3 is 2.84 bits per heavy atom. The summed E-state index contributed by atoms with van der Waals surface area (Å²) in [5.41, 5.74) is 1.57. The van der Waals surface area contributed by atoms with Gasteiger partial charge in [-0.3, -0.25) is 0 Å². The lowest BCUT2D eigenvalue weighted by Crippen LogP contribution is -2.40. The van der Waals surface area contributed by atoms with Gasteiger partial charge in [-0.2, -0.15) is 0 Å². The molecule has 0 aromatic heterocycles. The summed E-state index contributed by atoms with van der Waals surface area (Å²) < 4.78 is 0. The summed E-state index contributed by atoms with van der Waals surface area (Å²) in [7, 11) is 0. The van der Waals surface area contributed by atoms with Gasteiger partial charge in [-0.05, 0) is 49.3 Å². The Morgan fingerprint density at radius 1 is 1.42 bits per heavy atom. The first-order chi connectivity index (χ1) is 8.89. The van der Waals surface area contributed by atoms with E-state index in [0.29, 0.717) is 18.2 Å². The molecule has 0 radical (unpaired) electrons. The van der Waals surface area contributed by atoms with E-state index in [1.165, 1.54) is 5.56 Å². The number of hydrogen-bond donors (Lipinski definition) is 3. The van der Waals surface area contributed by atoms with Crippen molar-refractivity contribution in [1.82, 2.24) is 5.32 Å². The summed E-state index contributed by atoms with van der Waals surface area (Å²) in [4.78, 5) is 0. The SMILES string of the molecule is CC(C)CC(C)(O)CNC1CCc2c(O)cccc21. The smallest absolute Gasteiger partial charge is 0.119 e. The van der Waals surface area contributed by atoms with Crippen molar-refractivity contribution in [2.45, 2.75) is 51.7 Å². The van der Waals surface area contributed by atoms with Crippen LogP contribution in [0.15, 0.2) is 18.2 Å². The van der Waals surface area contributed by atoms with Crippen molar-refractivity contribution in [3.8, 4) is 5.75 Å². The van der Waals surface area contributed by atoms with E-state index in [1.54, 1.807) is 6.07 Å². The molecule has 2 atom stereocenters. The first-order valence-electron chi connectivity index (χ1n) is 7.15. The van der Waals surface area contributed by atoms with Crippen LogP contribution in [0.25, 0.3) is 0 Å². The first-order valence-corrected chi connectivity index (χ1v) is 7.15. The van der Waals surface area contributed by atoms with Crippen LogP contribution in [-0.2, 0) is 6.42 Å². The highest BCUT2D eigenvalue weighted by Crippen LogP contribution is 2.36. The van der Waals surface area contributed by atoms with Gasteiger partial charge in [0.15, 0.2) is 0 Å². The molecule has 0 fully saturated rings. The van der Waals surface area contributed by atoms with Gasteiger partial charge in [0.2, 0.25) is 0 Å². The normalized spacial score (nSPS) is 21.4. The fourth-order valence-corrected chi connectivity index (χ4v) is 3.14. The molecule has 1 aliphatic carbocycles. The van der Waals surface area contributed by atoms with Gasteiger partial charge in [0.25, 0.3) is 0 Å². The first kappa shape index (κ1) is 14.4. The maximum atomic E-state index is 10.3. The van der Waals surface area contributed by atoms with Crippen molar-refractivity contribution in [3.05, 3.63) is 29.3 Å². The number of benzene rings is 1. The van der Waals surface area contributed by atoms with Gasteiger partial charge in [-0.25, -0.2) is 0 Å². The maximum absolute atomic E-state index is 10.3. The van der Waals surface area contributed by atoms with Crippen LogP contribution >= 0.6 is 0 Å². The molecule has 1 aromatic rings. The third-order valence-electron chi connectivity index (χ3n) is 3.82. The van der Waals surface area contributed by atoms with Crippen molar-refractivity contribution in [2.24, 2.45) is 5.92 Å². The van der Waals surface area contributed by atoms with E-state index in [4.69, 9.17) is 0 Å². The molecular formula is C16H25NO2. The summed E-state index contributed by atoms with van der Waals surface area (Å²) in [6.45, 7) is 6.72. The number of nitrogens with one attached hydrogen (secondary N) is 1. The number of fused-ring (bicyclic) bond motifs is 1. The Hall–Kier alpha value is -1.06. The highest BCUT2D eigenvalue weighted by Gasteiger charge is 2.28. The zero-order chi connectivity index (χ0) is 14.0. The van der Waals surface area contributed by atoms with E-state index in [1.807, 2.05) is 13.0 Å². The molecule has 0 heterocycles. The van der Waals surface area contributed by atoms with Gasteiger partial charge in [-0.1, -0.05) is 26.0 Å². The molecule has 2 unspecified atom stereocenters. The molecule has 0 spiro atoms. The minimum atomic E-state index is -0.673. The molecule has 3 nitrogen and oxygen atoms in total. The molecule has 106 valence electrons. The van der Waals surface area contributed by atoms with E-state index in [-0.39, 0.29) is 6.04 Å². The average molecular weight is 263 g/mol. The summed E-state index contributed by atoms with van der Waals surface area (Å²) in [5.74, 6) is 0.882. The second-order valence-electron chi connectivity index (χ2n) is 6.41. The minimum absolute atomic E-state index is 0.251. The molecule has 3 heteroatoms. The molecule has 0 aliphatic heterocycles. The molecule has 1 aliphatic rings. The second-order valence-corrected chi connectivity index (χ2v) is 6.41. The fraction of sp³-hybridized carbons (Fsp3) is 0.625. The minimum Gasteiger partial charge on any atom is -0.508 e. The Labute approximate surface area is 115 Å². The quantitative estimate of drug-likeness (QED) is 0.765. The molecule has 1 aromatic carbocycles. The van der Waals surface area contributed by atoms with Crippen LogP contribution in [0.5, 0.6) is 5.75 Å².